The minimum absolute atomic E-state index is 0.430. The summed E-state index contributed by atoms with van der Waals surface area (Å²) in [6.07, 6.45) is 1.24. The average molecular weight is 226 g/mol. The second kappa shape index (κ2) is 4.35. The van der Waals surface area contributed by atoms with Crippen molar-refractivity contribution in [1.82, 2.24) is 10.2 Å². The first-order valence-corrected chi connectivity index (χ1v) is 5.89. The molecular weight excluding hydrogens is 210 g/mol. The SMILES string of the molecule is CC1CC(C)N(c2ccc(CCl)nn2)C1. The third-order valence-electron chi connectivity index (χ3n) is 2.92. The Labute approximate surface area is 95.5 Å². The molecule has 2 heterocycles. The van der Waals surface area contributed by atoms with Gasteiger partial charge in [-0.3, -0.25) is 0 Å². The second-order valence-corrected chi connectivity index (χ2v) is 4.63. The number of anilines is 1. The zero-order valence-corrected chi connectivity index (χ0v) is 9.91. The molecule has 0 bridgehead atoms. The molecular formula is C11H16ClN3. The summed E-state index contributed by atoms with van der Waals surface area (Å²) < 4.78 is 0. The van der Waals surface area contributed by atoms with Crippen LogP contribution in [-0.4, -0.2) is 22.8 Å². The fourth-order valence-electron chi connectivity index (χ4n) is 2.20. The van der Waals surface area contributed by atoms with E-state index in [1.165, 1.54) is 6.42 Å². The van der Waals surface area contributed by atoms with Crippen molar-refractivity contribution in [3.05, 3.63) is 17.8 Å². The first kappa shape index (κ1) is 10.7. The van der Waals surface area contributed by atoms with Crippen molar-refractivity contribution in [2.75, 3.05) is 11.4 Å². The average Bonchev–Trinajstić information content (AvgIpc) is 2.58. The fraction of sp³-hybridized carbons (Fsp3) is 0.636. The van der Waals surface area contributed by atoms with Gasteiger partial charge in [0.25, 0.3) is 0 Å². The van der Waals surface area contributed by atoms with Crippen LogP contribution in [-0.2, 0) is 5.88 Å². The van der Waals surface area contributed by atoms with Crippen LogP contribution in [0.5, 0.6) is 0 Å². The van der Waals surface area contributed by atoms with Crippen LogP contribution in [0, 0.1) is 5.92 Å². The van der Waals surface area contributed by atoms with Gasteiger partial charge in [-0.05, 0) is 31.4 Å². The quantitative estimate of drug-likeness (QED) is 0.724. The van der Waals surface area contributed by atoms with E-state index in [4.69, 9.17) is 11.6 Å². The van der Waals surface area contributed by atoms with E-state index in [9.17, 15) is 0 Å². The van der Waals surface area contributed by atoms with Gasteiger partial charge in [-0.2, -0.15) is 5.10 Å². The number of nitrogens with zero attached hydrogens (tertiary/aromatic N) is 3. The molecule has 0 aliphatic carbocycles. The molecule has 0 N–H and O–H groups in total. The number of hydrogen-bond donors (Lipinski definition) is 0. The van der Waals surface area contributed by atoms with E-state index in [1.807, 2.05) is 12.1 Å². The minimum atomic E-state index is 0.430. The van der Waals surface area contributed by atoms with Crippen molar-refractivity contribution >= 4 is 17.4 Å². The third-order valence-corrected chi connectivity index (χ3v) is 3.19. The Kier molecular flexibility index (Phi) is 3.10. The number of hydrogen-bond acceptors (Lipinski definition) is 3. The molecule has 1 aromatic heterocycles. The van der Waals surface area contributed by atoms with Crippen molar-refractivity contribution in [3.63, 3.8) is 0 Å². The van der Waals surface area contributed by atoms with Gasteiger partial charge >= 0.3 is 0 Å². The van der Waals surface area contributed by atoms with Crippen LogP contribution in [0.1, 0.15) is 26.0 Å². The Bertz CT molecular complexity index is 325. The standard InChI is InChI=1S/C11H16ClN3/c1-8-5-9(2)15(7-8)11-4-3-10(6-12)13-14-11/h3-4,8-9H,5-7H2,1-2H3. The van der Waals surface area contributed by atoms with Crippen LogP contribution in [0.15, 0.2) is 12.1 Å². The lowest BCUT2D eigenvalue weighted by molar-refractivity contribution is 0.625. The predicted molar refractivity (Wildman–Crippen MR) is 62.2 cm³/mol. The highest BCUT2D eigenvalue weighted by molar-refractivity contribution is 6.16. The molecule has 2 atom stereocenters. The zero-order valence-electron chi connectivity index (χ0n) is 9.15. The molecule has 4 heteroatoms. The minimum Gasteiger partial charge on any atom is -0.352 e. The predicted octanol–water partition coefficient (Wildman–Crippen LogP) is 2.45. The summed E-state index contributed by atoms with van der Waals surface area (Å²) >= 11 is 5.67. The monoisotopic (exact) mass is 225 g/mol. The van der Waals surface area contributed by atoms with E-state index in [0.717, 1.165) is 24.0 Å². The Hall–Kier alpha value is -0.830. The van der Waals surface area contributed by atoms with Gasteiger partial charge in [-0.25, -0.2) is 0 Å². The van der Waals surface area contributed by atoms with Crippen LogP contribution in [0.25, 0.3) is 0 Å². The highest BCUT2D eigenvalue weighted by atomic mass is 35.5. The number of rotatable bonds is 2. The van der Waals surface area contributed by atoms with Crippen LogP contribution in [0.3, 0.4) is 0 Å². The first-order valence-electron chi connectivity index (χ1n) is 5.36. The van der Waals surface area contributed by atoms with Gasteiger partial charge in [-0.1, -0.05) is 6.92 Å². The molecule has 0 radical (unpaired) electrons. The molecule has 82 valence electrons. The number of aromatic nitrogens is 2. The van der Waals surface area contributed by atoms with Gasteiger partial charge in [0.15, 0.2) is 5.82 Å². The third kappa shape index (κ3) is 2.23. The number of alkyl halides is 1. The Morgan fingerprint density at radius 1 is 1.40 bits per heavy atom. The molecule has 3 nitrogen and oxygen atoms in total. The molecule has 1 fully saturated rings. The molecule has 2 rings (SSSR count). The largest absolute Gasteiger partial charge is 0.352 e. The zero-order chi connectivity index (χ0) is 10.8. The lowest BCUT2D eigenvalue weighted by Gasteiger charge is -2.21. The maximum absolute atomic E-state index is 5.67. The van der Waals surface area contributed by atoms with Crippen molar-refractivity contribution in [2.45, 2.75) is 32.2 Å². The molecule has 1 aromatic rings. The van der Waals surface area contributed by atoms with Crippen molar-refractivity contribution in [2.24, 2.45) is 5.92 Å². The first-order chi connectivity index (χ1) is 7.20. The van der Waals surface area contributed by atoms with Crippen molar-refractivity contribution < 1.29 is 0 Å². The van der Waals surface area contributed by atoms with Crippen molar-refractivity contribution in [3.8, 4) is 0 Å². The van der Waals surface area contributed by atoms with Crippen LogP contribution in [0.2, 0.25) is 0 Å². The van der Waals surface area contributed by atoms with E-state index in [2.05, 4.69) is 28.9 Å². The van der Waals surface area contributed by atoms with Crippen LogP contribution >= 0.6 is 11.6 Å². The van der Waals surface area contributed by atoms with Gasteiger partial charge in [-0.15, -0.1) is 16.7 Å². The van der Waals surface area contributed by atoms with E-state index in [1.54, 1.807) is 0 Å². The lowest BCUT2D eigenvalue weighted by Crippen LogP contribution is -2.27. The highest BCUT2D eigenvalue weighted by Crippen LogP contribution is 2.26. The molecule has 15 heavy (non-hydrogen) atoms. The molecule has 0 saturated carbocycles. The van der Waals surface area contributed by atoms with E-state index in [-0.39, 0.29) is 0 Å². The normalized spacial score (nSPS) is 25.9. The highest BCUT2D eigenvalue weighted by Gasteiger charge is 2.27. The summed E-state index contributed by atoms with van der Waals surface area (Å²) in [6, 6.07) is 4.53. The summed E-state index contributed by atoms with van der Waals surface area (Å²) in [6.45, 7) is 5.59. The Balaban J connectivity index is 2.15. The lowest BCUT2D eigenvalue weighted by atomic mass is 10.1. The van der Waals surface area contributed by atoms with E-state index < -0.39 is 0 Å². The van der Waals surface area contributed by atoms with Gasteiger partial charge in [0.2, 0.25) is 0 Å². The van der Waals surface area contributed by atoms with E-state index in [0.29, 0.717) is 11.9 Å². The molecule has 1 aliphatic heterocycles. The van der Waals surface area contributed by atoms with Gasteiger partial charge < -0.3 is 4.90 Å². The fourth-order valence-corrected chi connectivity index (χ4v) is 2.34. The Morgan fingerprint density at radius 2 is 2.20 bits per heavy atom. The molecule has 0 spiro atoms. The van der Waals surface area contributed by atoms with Gasteiger partial charge in [0, 0.05) is 12.6 Å². The van der Waals surface area contributed by atoms with Gasteiger partial charge in [0.05, 0.1) is 11.6 Å². The summed E-state index contributed by atoms with van der Waals surface area (Å²) in [7, 11) is 0. The van der Waals surface area contributed by atoms with Gasteiger partial charge in [0.1, 0.15) is 0 Å². The molecule has 2 unspecified atom stereocenters. The maximum atomic E-state index is 5.67. The molecule has 0 aromatic carbocycles. The smallest absolute Gasteiger partial charge is 0.151 e. The van der Waals surface area contributed by atoms with Crippen LogP contribution in [0.4, 0.5) is 5.82 Å². The number of halogens is 1. The molecule has 0 amide bonds. The van der Waals surface area contributed by atoms with Crippen molar-refractivity contribution in [1.29, 1.82) is 0 Å². The van der Waals surface area contributed by atoms with E-state index >= 15 is 0 Å². The Morgan fingerprint density at radius 3 is 2.67 bits per heavy atom. The second-order valence-electron chi connectivity index (χ2n) is 4.36. The molecule has 1 aliphatic rings. The summed E-state index contributed by atoms with van der Waals surface area (Å²) in [5.41, 5.74) is 0.834. The summed E-state index contributed by atoms with van der Waals surface area (Å²) in [5, 5.41) is 8.29. The maximum Gasteiger partial charge on any atom is 0.151 e. The van der Waals surface area contributed by atoms with Crippen LogP contribution < -0.4 is 4.90 Å². The topological polar surface area (TPSA) is 29.0 Å². The molecule has 1 saturated heterocycles. The summed E-state index contributed by atoms with van der Waals surface area (Å²) in [5.74, 6) is 2.15. The summed E-state index contributed by atoms with van der Waals surface area (Å²) in [4.78, 5) is 2.32.